The third-order valence-corrected chi connectivity index (χ3v) is 2.60. The van der Waals surface area contributed by atoms with Crippen molar-refractivity contribution in [3.05, 3.63) is 54.1 Å². The molecule has 6 heteroatoms. The Labute approximate surface area is 112 Å². The highest BCUT2D eigenvalue weighted by atomic mass is 19.4. The van der Waals surface area contributed by atoms with Gasteiger partial charge in [0.15, 0.2) is 0 Å². The fourth-order valence-electron chi connectivity index (χ4n) is 1.77. The van der Waals surface area contributed by atoms with Crippen molar-refractivity contribution in [2.45, 2.75) is 6.18 Å². The van der Waals surface area contributed by atoms with Crippen LogP contribution < -0.4 is 10.5 Å². The molecule has 20 heavy (non-hydrogen) atoms. The predicted molar refractivity (Wildman–Crippen MR) is 67.1 cm³/mol. The molecule has 3 nitrogen and oxygen atoms in total. The first-order valence-electron chi connectivity index (χ1n) is 5.62. The van der Waals surface area contributed by atoms with E-state index in [1.54, 1.807) is 18.2 Å². The van der Waals surface area contributed by atoms with Crippen molar-refractivity contribution in [3.8, 4) is 16.9 Å². The lowest BCUT2D eigenvalue weighted by atomic mass is 10.0. The Hall–Kier alpha value is -2.50. The minimum atomic E-state index is -4.44. The number of primary amides is 1. The van der Waals surface area contributed by atoms with Gasteiger partial charge in [0, 0.05) is 5.56 Å². The zero-order valence-corrected chi connectivity index (χ0v) is 10.1. The lowest BCUT2D eigenvalue weighted by Gasteiger charge is -2.11. The summed E-state index contributed by atoms with van der Waals surface area (Å²) in [7, 11) is 0. The standard InChI is InChI=1S/C14H10F3NO2/c15-14(16,17)10-5-3-4-9(8-10)11-6-1-2-7-12(11)20-13(18)19/h1-8H,(H2,18,19). The Morgan fingerprint density at radius 3 is 2.40 bits per heavy atom. The number of ether oxygens (including phenoxy) is 1. The van der Waals surface area contributed by atoms with E-state index in [0.717, 1.165) is 12.1 Å². The van der Waals surface area contributed by atoms with Gasteiger partial charge in [0.2, 0.25) is 0 Å². The first kappa shape index (κ1) is 13.9. The molecule has 0 spiro atoms. The summed E-state index contributed by atoms with van der Waals surface area (Å²) in [5, 5.41) is 0. The fraction of sp³-hybridized carbons (Fsp3) is 0.0714. The molecule has 0 atom stereocenters. The summed E-state index contributed by atoms with van der Waals surface area (Å²) in [6.45, 7) is 0. The zero-order valence-electron chi connectivity index (χ0n) is 10.1. The molecule has 0 radical (unpaired) electrons. The Bertz CT molecular complexity index is 638. The van der Waals surface area contributed by atoms with Gasteiger partial charge in [0.1, 0.15) is 5.75 Å². The van der Waals surface area contributed by atoms with E-state index in [4.69, 9.17) is 10.5 Å². The fourth-order valence-corrected chi connectivity index (χ4v) is 1.77. The van der Waals surface area contributed by atoms with Crippen LogP contribution in [0.5, 0.6) is 5.75 Å². The molecule has 2 aromatic carbocycles. The lowest BCUT2D eigenvalue weighted by Crippen LogP contribution is -2.16. The Kier molecular flexibility index (Phi) is 3.65. The molecule has 0 unspecified atom stereocenters. The van der Waals surface area contributed by atoms with E-state index < -0.39 is 17.8 Å². The average Bonchev–Trinajstić information content (AvgIpc) is 2.38. The number of rotatable bonds is 2. The summed E-state index contributed by atoms with van der Waals surface area (Å²) < 4.78 is 42.8. The van der Waals surface area contributed by atoms with Gasteiger partial charge in [-0.15, -0.1) is 0 Å². The van der Waals surface area contributed by atoms with Gasteiger partial charge in [-0.05, 0) is 23.8 Å². The van der Waals surface area contributed by atoms with Gasteiger partial charge < -0.3 is 10.5 Å². The normalized spacial score (nSPS) is 11.2. The maximum Gasteiger partial charge on any atom is 0.416 e. The van der Waals surface area contributed by atoms with Gasteiger partial charge in [-0.2, -0.15) is 13.2 Å². The Balaban J connectivity index is 2.49. The van der Waals surface area contributed by atoms with Crippen LogP contribution in [-0.2, 0) is 6.18 Å². The Morgan fingerprint density at radius 2 is 1.75 bits per heavy atom. The minimum Gasteiger partial charge on any atom is -0.410 e. The van der Waals surface area contributed by atoms with E-state index in [1.807, 2.05) is 0 Å². The van der Waals surface area contributed by atoms with Crippen LogP contribution in [0.2, 0.25) is 0 Å². The maximum absolute atomic E-state index is 12.7. The number of amides is 1. The van der Waals surface area contributed by atoms with E-state index in [1.165, 1.54) is 18.2 Å². The monoisotopic (exact) mass is 281 g/mol. The summed E-state index contributed by atoms with van der Waals surface area (Å²) in [5.74, 6) is 0.110. The second-order valence-electron chi connectivity index (χ2n) is 4.00. The van der Waals surface area contributed by atoms with Crippen LogP contribution in [0.15, 0.2) is 48.5 Å². The first-order chi connectivity index (χ1) is 9.38. The number of nitrogens with two attached hydrogens (primary N) is 1. The highest BCUT2D eigenvalue weighted by molar-refractivity contribution is 5.76. The SMILES string of the molecule is NC(=O)Oc1ccccc1-c1cccc(C(F)(F)F)c1. The lowest BCUT2D eigenvalue weighted by molar-refractivity contribution is -0.137. The van der Waals surface area contributed by atoms with E-state index >= 15 is 0 Å². The summed E-state index contributed by atoms with van der Waals surface area (Å²) in [4.78, 5) is 10.8. The molecule has 2 rings (SSSR count). The van der Waals surface area contributed by atoms with Crippen molar-refractivity contribution < 1.29 is 22.7 Å². The topological polar surface area (TPSA) is 52.3 Å². The third-order valence-electron chi connectivity index (χ3n) is 2.60. The summed E-state index contributed by atoms with van der Waals surface area (Å²) in [6, 6.07) is 11.0. The van der Waals surface area contributed by atoms with Crippen LogP contribution in [0.3, 0.4) is 0 Å². The molecular weight excluding hydrogens is 271 g/mol. The van der Waals surface area contributed by atoms with Crippen molar-refractivity contribution in [2.24, 2.45) is 5.73 Å². The van der Waals surface area contributed by atoms with Crippen LogP contribution in [-0.4, -0.2) is 6.09 Å². The van der Waals surface area contributed by atoms with E-state index in [9.17, 15) is 18.0 Å². The van der Waals surface area contributed by atoms with Gasteiger partial charge in [-0.1, -0.05) is 30.3 Å². The smallest absolute Gasteiger partial charge is 0.410 e. The summed E-state index contributed by atoms with van der Waals surface area (Å²) in [6.07, 6.45) is -5.46. The van der Waals surface area contributed by atoms with Gasteiger partial charge >= 0.3 is 12.3 Å². The molecule has 2 N–H and O–H groups in total. The third kappa shape index (κ3) is 3.09. The van der Waals surface area contributed by atoms with Crippen molar-refractivity contribution >= 4 is 6.09 Å². The van der Waals surface area contributed by atoms with Crippen LogP contribution in [0, 0.1) is 0 Å². The molecule has 104 valence electrons. The zero-order chi connectivity index (χ0) is 14.8. The van der Waals surface area contributed by atoms with Crippen molar-refractivity contribution in [3.63, 3.8) is 0 Å². The molecular formula is C14H10F3NO2. The van der Waals surface area contributed by atoms with E-state index in [0.29, 0.717) is 5.56 Å². The molecule has 0 aliphatic heterocycles. The van der Waals surface area contributed by atoms with Crippen LogP contribution >= 0.6 is 0 Å². The largest absolute Gasteiger partial charge is 0.416 e. The number of benzene rings is 2. The van der Waals surface area contributed by atoms with Crippen LogP contribution in [0.4, 0.5) is 18.0 Å². The molecule has 0 saturated carbocycles. The van der Waals surface area contributed by atoms with Crippen molar-refractivity contribution in [1.29, 1.82) is 0 Å². The second kappa shape index (κ2) is 5.24. The van der Waals surface area contributed by atoms with Crippen molar-refractivity contribution in [1.82, 2.24) is 0 Å². The number of para-hydroxylation sites is 1. The number of alkyl halides is 3. The van der Waals surface area contributed by atoms with E-state index in [2.05, 4.69) is 0 Å². The quantitative estimate of drug-likeness (QED) is 0.909. The Morgan fingerprint density at radius 1 is 1.05 bits per heavy atom. The molecule has 0 aliphatic carbocycles. The summed E-state index contributed by atoms with van der Waals surface area (Å²) in [5.41, 5.74) is 4.80. The second-order valence-corrected chi connectivity index (χ2v) is 4.00. The van der Waals surface area contributed by atoms with Crippen LogP contribution in [0.25, 0.3) is 11.1 Å². The number of carbonyl (C=O) groups is 1. The average molecular weight is 281 g/mol. The molecule has 0 saturated heterocycles. The van der Waals surface area contributed by atoms with Gasteiger partial charge in [0.25, 0.3) is 0 Å². The number of carbonyl (C=O) groups excluding carboxylic acids is 1. The van der Waals surface area contributed by atoms with Gasteiger partial charge in [-0.25, -0.2) is 4.79 Å². The predicted octanol–water partition coefficient (Wildman–Crippen LogP) is 3.83. The number of hydrogen-bond acceptors (Lipinski definition) is 2. The van der Waals surface area contributed by atoms with Crippen LogP contribution in [0.1, 0.15) is 5.56 Å². The highest BCUT2D eigenvalue weighted by Crippen LogP contribution is 2.35. The van der Waals surface area contributed by atoms with E-state index in [-0.39, 0.29) is 11.3 Å². The van der Waals surface area contributed by atoms with Crippen molar-refractivity contribution in [2.75, 3.05) is 0 Å². The molecule has 0 aromatic heterocycles. The molecule has 0 fully saturated rings. The maximum atomic E-state index is 12.7. The number of halogens is 3. The van der Waals surface area contributed by atoms with Gasteiger partial charge in [-0.3, -0.25) is 0 Å². The molecule has 2 aromatic rings. The highest BCUT2D eigenvalue weighted by Gasteiger charge is 2.30. The molecule has 0 heterocycles. The summed E-state index contributed by atoms with van der Waals surface area (Å²) >= 11 is 0. The number of hydrogen-bond donors (Lipinski definition) is 1. The molecule has 1 amide bonds. The molecule has 0 bridgehead atoms. The first-order valence-corrected chi connectivity index (χ1v) is 5.62. The minimum absolute atomic E-state index is 0.110. The van der Waals surface area contributed by atoms with Gasteiger partial charge in [0.05, 0.1) is 5.56 Å². The molecule has 0 aliphatic rings.